The molecule has 7 heteroatoms. The lowest BCUT2D eigenvalue weighted by Gasteiger charge is -2.31. The van der Waals surface area contributed by atoms with E-state index in [-0.39, 0.29) is 6.42 Å². The molecule has 1 rings (SSSR count). The first-order valence-corrected chi connectivity index (χ1v) is 6.46. The molecule has 1 saturated heterocycles. The summed E-state index contributed by atoms with van der Waals surface area (Å²) in [5.74, 6) is -1.57. The van der Waals surface area contributed by atoms with Crippen molar-refractivity contribution < 1.29 is 29.0 Å². The van der Waals surface area contributed by atoms with E-state index in [0.29, 0.717) is 12.8 Å². The summed E-state index contributed by atoms with van der Waals surface area (Å²) in [6, 6.07) is -1.33. The highest BCUT2D eigenvalue weighted by Crippen LogP contribution is 2.29. The van der Waals surface area contributed by atoms with Crippen molar-refractivity contribution >= 4 is 18.0 Å². The van der Waals surface area contributed by atoms with Crippen LogP contribution in [-0.2, 0) is 19.1 Å². The second kappa shape index (κ2) is 6.11. The molecule has 1 fully saturated rings. The van der Waals surface area contributed by atoms with Gasteiger partial charge in [0.15, 0.2) is 0 Å². The van der Waals surface area contributed by atoms with E-state index >= 15 is 0 Å². The van der Waals surface area contributed by atoms with Crippen molar-refractivity contribution in [3.05, 3.63) is 0 Å². The van der Waals surface area contributed by atoms with Gasteiger partial charge in [-0.15, -0.1) is 0 Å². The monoisotopic (exact) mass is 287 g/mol. The summed E-state index contributed by atoms with van der Waals surface area (Å²) in [4.78, 5) is 36.0. The fourth-order valence-corrected chi connectivity index (χ4v) is 2.24. The Morgan fingerprint density at radius 1 is 1.25 bits per heavy atom. The zero-order valence-corrected chi connectivity index (χ0v) is 12.2. The van der Waals surface area contributed by atoms with Gasteiger partial charge in [0.05, 0.1) is 13.5 Å². The molecule has 0 radical (unpaired) electrons. The molecule has 0 aromatic heterocycles. The standard InChI is InChI=1S/C13H21NO6/c1-13(2,3)20-12(18)14-8(7-10(15)16)5-6-9(14)11(17)19-4/h8-9H,5-7H2,1-4H3,(H,15,16)/t8-,9+/m0/s1. The molecule has 1 aliphatic heterocycles. The summed E-state index contributed by atoms with van der Waals surface area (Å²) < 4.78 is 9.91. The van der Waals surface area contributed by atoms with Crippen LogP contribution in [0.1, 0.15) is 40.0 Å². The van der Waals surface area contributed by atoms with Crippen molar-refractivity contribution in [2.24, 2.45) is 0 Å². The van der Waals surface area contributed by atoms with Crippen LogP contribution < -0.4 is 0 Å². The lowest BCUT2D eigenvalue weighted by molar-refractivity contribution is -0.147. The fourth-order valence-electron chi connectivity index (χ4n) is 2.24. The van der Waals surface area contributed by atoms with E-state index in [1.54, 1.807) is 20.8 Å². The van der Waals surface area contributed by atoms with Gasteiger partial charge in [0.2, 0.25) is 0 Å². The number of aliphatic carboxylic acids is 1. The van der Waals surface area contributed by atoms with Gasteiger partial charge in [-0.1, -0.05) is 0 Å². The molecule has 0 bridgehead atoms. The lowest BCUT2D eigenvalue weighted by atomic mass is 10.1. The van der Waals surface area contributed by atoms with Gasteiger partial charge in [-0.25, -0.2) is 9.59 Å². The number of rotatable bonds is 3. The number of methoxy groups -OCH3 is 1. The quantitative estimate of drug-likeness (QED) is 0.789. The zero-order chi connectivity index (χ0) is 15.5. The van der Waals surface area contributed by atoms with Gasteiger partial charge in [0, 0.05) is 6.04 Å². The number of hydrogen-bond acceptors (Lipinski definition) is 5. The van der Waals surface area contributed by atoms with Crippen LogP contribution in [0.3, 0.4) is 0 Å². The smallest absolute Gasteiger partial charge is 0.411 e. The van der Waals surface area contributed by atoms with Gasteiger partial charge in [0.1, 0.15) is 11.6 Å². The molecular formula is C13H21NO6. The lowest BCUT2D eigenvalue weighted by Crippen LogP contribution is -2.48. The van der Waals surface area contributed by atoms with Crippen LogP contribution in [0.15, 0.2) is 0 Å². The number of amides is 1. The van der Waals surface area contributed by atoms with E-state index in [4.69, 9.17) is 9.84 Å². The zero-order valence-electron chi connectivity index (χ0n) is 12.2. The highest BCUT2D eigenvalue weighted by atomic mass is 16.6. The fraction of sp³-hybridized carbons (Fsp3) is 0.769. The van der Waals surface area contributed by atoms with Crippen molar-refractivity contribution in [2.45, 2.75) is 57.7 Å². The molecule has 0 aromatic rings. The largest absolute Gasteiger partial charge is 0.481 e. The molecule has 20 heavy (non-hydrogen) atoms. The molecule has 1 N–H and O–H groups in total. The first kappa shape index (κ1) is 16.3. The SMILES string of the molecule is COC(=O)[C@H]1CC[C@@H](CC(=O)O)N1C(=O)OC(C)(C)C. The van der Waals surface area contributed by atoms with Crippen LogP contribution in [0.4, 0.5) is 4.79 Å². The van der Waals surface area contributed by atoms with Crippen molar-refractivity contribution in [1.29, 1.82) is 0 Å². The molecule has 1 amide bonds. The summed E-state index contributed by atoms with van der Waals surface area (Å²) in [6.45, 7) is 5.13. The van der Waals surface area contributed by atoms with Crippen LogP contribution in [0.5, 0.6) is 0 Å². The van der Waals surface area contributed by atoms with Crippen LogP contribution in [0.25, 0.3) is 0 Å². The number of likely N-dealkylation sites (tertiary alicyclic amines) is 1. The van der Waals surface area contributed by atoms with Crippen LogP contribution in [-0.4, -0.2) is 52.8 Å². The molecule has 0 aliphatic carbocycles. The molecule has 0 unspecified atom stereocenters. The van der Waals surface area contributed by atoms with Crippen molar-refractivity contribution in [3.8, 4) is 0 Å². The van der Waals surface area contributed by atoms with Gasteiger partial charge in [0.25, 0.3) is 0 Å². The van der Waals surface area contributed by atoms with Gasteiger partial charge < -0.3 is 14.6 Å². The Bertz CT molecular complexity index is 400. The number of carboxylic acids is 1. The molecule has 1 heterocycles. The maximum absolute atomic E-state index is 12.2. The van der Waals surface area contributed by atoms with Crippen molar-refractivity contribution in [2.75, 3.05) is 7.11 Å². The van der Waals surface area contributed by atoms with Crippen LogP contribution in [0.2, 0.25) is 0 Å². The van der Waals surface area contributed by atoms with Crippen molar-refractivity contribution in [3.63, 3.8) is 0 Å². The minimum absolute atomic E-state index is 0.216. The molecule has 2 atom stereocenters. The number of carboxylic acid groups (broad SMARTS) is 1. The Kier molecular flexibility index (Phi) is 4.97. The summed E-state index contributed by atoms with van der Waals surface area (Å²) >= 11 is 0. The molecule has 7 nitrogen and oxygen atoms in total. The van der Waals surface area contributed by atoms with E-state index in [9.17, 15) is 14.4 Å². The average molecular weight is 287 g/mol. The number of nitrogens with zero attached hydrogens (tertiary/aromatic N) is 1. The Morgan fingerprint density at radius 2 is 1.85 bits per heavy atom. The first-order valence-electron chi connectivity index (χ1n) is 6.46. The minimum Gasteiger partial charge on any atom is -0.481 e. The molecule has 0 aromatic carbocycles. The number of esters is 1. The van der Waals surface area contributed by atoms with Gasteiger partial charge >= 0.3 is 18.0 Å². The van der Waals surface area contributed by atoms with Crippen LogP contribution in [0, 0.1) is 0 Å². The second-order valence-electron chi connectivity index (χ2n) is 5.76. The first-order chi connectivity index (χ1) is 9.15. The molecule has 0 spiro atoms. The third-order valence-corrected chi connectivity index (χ3v) is 2.99. The Morgan fingerprint density at radius 3 is 2.30 bits per heavy atom. The summed E-state index contributed by atoms with van der Waals surface area (Å²) in [5.41, 5.74) is -0.714. The summed E-state index contributed by atoms with van der Waals surface area (Å²) in [7, 11) is 1.24. The highest BCUT2D eigenvalue weighted by molar-refractivity contribution is 5.83. The topological polar surface area (TPSA) is 93.1 Å². The third-order valence-electron chi connectivity index (χ3n) is 2.99. The molecular weight excluding hydrogens is 266 g/mol. The van der Waals surface area contributed by atoms with Gasteiger partial charge in [-0.05, 0) is 33.6 Å². The van der Waals surface area contributed by atoms with Gasteiger partial charge in [-0.2, -0.15) is 0 Å². The van der Waals surface area contributed by atoms with E-state index in [1.807, 2.05) is 0 Å². The number of ether oxygens (including phenoxy) is 2. The van der Waals surface area contributed by atoms with E-state index in [2.05, 4.69) is 4.74 Å². The second-order valence-corrected chi connectivity index (χ2v) is 5.76. The van der Waals surface area contributed by atoms with E-state index in [1.165, 1.54) is 12.0 Å². The average Bonchev–Trinajstić information content (AvgIpc) is 2.68. The number of carbonyl (C=O) groups excluding carboxylic acids is 2. The normalized spacial score (nSPS) is 22.5. The van der Waals surface area contributed by atoms with E-state index < -0.39 is 35.7 Å². The van der Waals surface area contributed by atoms with Crippen LogP contribution >= 0.6 is 0 Å². The van der Waals surface area contributed by atoms with Crippen molar-refractivity contribution in [1.82, 2.24) is 4.90 Å². The Hall–Kier alpha value is -1.79. The predicted octanol–water partition coefficient (Wildman–Crippen LogP) is 1.40. The summed E-state index contributed by atoms with van der Waals surface area (Å²) in [6.07, 6.45) is -0.0845. The minimum atomic E-state index is -1.02. The predicted molar refractivity (Wildman–Crippen MR) is 69.2 cm³/mol. The maximum atomic E-state index is 12.2. The molecule has 114 valence electrons. The maximum Gasteiger partial charge on any atom is 0.411 e. The molecule has 1 aliphatic rings. The highest BCUT2D eigenvalue weighted by Gasteiger charge is 2.44. The number of hydrogen-bond donors (Lipinski definition) is 1. The van der Waals surface area contributed by atoms with E-state index in [0.717, 1.165) is 0 Å². The Labute approximate surface area is 117 Å². The molecule has 0 saturated carbocycles. The third kappa shape index (κ3) is 4.11. The summed E-state index contributed by atoms with van der Waals surface area (Å²) in [5, 5.41) is 8.89. The Balaban J connectivity index is 2.92. The number of carbonyl (C=O) groups is 3. The van der Waals surface area contributed by atoms with Gasteiger partial charge in [-0.3, -0.25) is 9.69 Å².